The normalized spacial score (nSPS) is 17.0. The Kier molecular flexibility index (Phi) is 2.91. The van der Waals surface area contributed by atoms with E-state index in [-0.39, 0.29) is 22.7 Å². The van der Waals surface area contributed by atoms with E-state index in [1.54, 1.807) is 0 Å². The molecule has 1 heterocycles. The highest BCUT2D eigenvalue weighted by atomic mass is 16.1. The van der Waals surface area contributed by atoms with Crippen LogP contribution in [0.2, 0.25) is 0 Å². The maximum atomic E-state index is 12.3. The molecule has 1 aromatic rings. The number of hydrogen-bond acceptors (Lipinski definition) is 2. The summed E-state index contributed by atoms with van der Waals surface area (Å²) in [4.78, 5) is 12.3. The van der Waals surface area contributed by atoms with Gasteiger partial charge in [-0.2, -0.15) is 5.10 Å². The third-order valence-corrected chi connectivity index (χ3v) is 3.39. The second-order valence-electron chi connectivity index (χ2n) is 7.40. The van der Waals surface area contributed by atoms with Crippen LogP contribution >= 0.6 is 0 Å². The molecule has 2 rings (SSSR count). The van der Waals surface area contributed by atoms with Gasteiger partial charge in [0.25, 0.3) is 0 Å². The van der Waals surface area contributed by atoms with Gasteiger partial charge in [0, 0.05) is 17.7 Å². The summed E-state index contributed by atoms with van der Waals surface area (Å²) in [7, 11) is 0. The van der Waals surface area contributed by atoms with E-state index < -0.39 is 0 Å². The Balaban J connectivity index is 2.48. The fourth-order valence-electron chi connectivity index (χ4n) is 1.99. The molecule has 0 N–H and O–H groups in total. The molecule has 1 aromatic heterocycles. The summed E-state index contributed by atoms with van der Waals surface area (Å²) >= 11 is 0. The first-order valence-electron chi connectivity index (χ1n) is 6.75. The minimum Gasteiger partial charge on any atom is -0.292 e. The highest BCUT2D eigenvalue weighted by Crippen LogP contribution is 2.36. The molecule has 0 aromatic carbocycles. The summed E-state index contributed by atoms with van der Waals surface area (Å²) in [6, 6.07) is 0. The molecule has 3 heteroatoms. The largest absolute Gasteiger partial charge is 0.292 e. The lowest BCUT2D eigenvalue weighted by Crippen LogP contribution is -2.22. The zero-order valence-electron chi connectivity index (χ0n) is 12.4. The van der Waals surface area contributed by atoms with Crippen LogP contribution in [-0.2, 0) is 11.0 Å². The molecule has 0 bridgehead atoms. The maximum Gasteiger partial charge on any atom is 0.186 e. The third-order valence-electron chi connectivity index (χ3n) is 3.39. The molecular weight excluding hydrogens is 224 g/mol. The van der Waals surface area contributed by atoms with Crippen molar-refractivity contribution in [1.82, 2.24) is 9.78 Å². The number of nitrogens with zero attached hydrogens (tertiary/aromatic N) is 2. The van der Waals surface area contributed by atoms with Crippen LogP contribution in [0.4, 0.5) is 0 Å². The molecule has 0 spiro atoms. The molecule has 0 unspecified atom stereocenters. The average molecular weight is 248 g/mol. The van der Waals surface area contributed by atoms with Crippen molar-refractivity contribution in [2.24, 2.45) is 5.92 Å². The number of rotatable bonds is 2. The number of carbonyl (C=O) groups excluding carboxylic acids is 1. The van der Waals surface area contributed by atoms with Crippen LogP contribution in [0.25, 0.3) is 0 Å². The molecule has 0 aliphatic heterocycles. The number of carbonyl (C=O) groups is 1. The lowest BCUT2D eigenvalue weighted by atomic mass is 9.86. The third kappa shape index (κ3) is 2.50. The van der Waals surface area contributed by atoms with E-state index in [1.807, 2.05) is 4.68 Å². The summed E-state index contributed by atoms with van der Waals surface area (Å²) in [6.07, 6.45) is 4.12. The summed E-state index contributed by atoms with van der Waals surface area (Å²) in [5.74, 6) is 0.470. The van der Waals surface area contributed by atoms with E-state index in [0.717, 1.165) is 18.4 Å². The predicted octanol–water partition coefficient (Wildman–Crippen LogP) is 3.53. The Labute approximate surface area is 110 Å². The molecule has 1 aliphatic carbocycles. The number of Topliss-reactive ketones (excluding diaryl/α,β-unsaturated/α-hetero) is 1. The van der Waals surface area contributed by atoms with Gasteiger partial charge in [-0.15, -0.1) is 0 Å². The molecular formula is C15H24N2O. The number of hydrogen-bond donors (Lipinski definition) is 0. The van der Waals surface area contributed by atoms with Crippen molar-refractivity contribution in [3.05, 3.63) is 17.5 Å². The van der Waals surface area contributed by atoms with Crippen molar-refractivity contribution in [1.29, 1.82) is 0 Å². The molecule has 0 radical (unpaired) electrons. The lowest BCUT2D eigenvalue weighted by molar-refractivity contribution is 0.0959. The Hall–Kier alpha value is -1.12. The van der Waals surface area contributed by atoms with Crippen molar-refractivity contribution in [2.45, 2.75) is 65.3 Å². The first kappa shape index (κ1) is 13.3. The standard InChI is InChI=1S/C15H24N2O/c1-14(2,3)11-9-17(15(4,5)6)16-12(11)13(18)10-7-8-10/h9-10H,7-8H2,1-6H3. The molecule has 0 atom stereocenters. The summed E-state index contributed by atoms with van der Waals surface area (Å²) in [5, 5.41) is 4.58. The highest BCUT2D eigenvalue weighted by Gasteiger charge is 2.36. The zero-order chi connectivity index (χ0) is 13.7. The van der Waals surface area contributed by atoms with Gasteiger partial charge in [0.05, 0.1) is 5.54 Å². The Morgan fingerprint density at radius 3 is 2.17 bits per heavy atom. The fourth-order valence-corrected chi connectivity index (χ4v) is 1.99. The van der Waals surface area contributed by atoms with Gasteiger partial charge in [-0.05, 0) is 39.0 Å². The molecule has 100 valence electrons. The molecule has 18 heavy (non-hydrogen) atoms. The Bertz CT molecular complexity index is 468. The minimum atomic E-state index is -0.0813. The molecule has 0 amide bonds. The maximum absolute atomic E-state index is 12.3. The van der Waals surface area contributed by atoms with Crippen LogP contribution in [0.3, 0.4) is 0 Å². The molecule has 1 aliphatic rings. The molecule has 0 saturated heterocycles. The Morgan fingerprint density at radius 1 is 1.22 bits per heavy atom. The van der Waals surface area contributed by atoms with Gasteiger partial charge >= 0.3 is 0 Å². The summed E-state index contributed by atoms with van der Waals surface area (Å²) < 4.78 is 1.93. The molecule has 1 saturated carbocycles. The highest BCUT2D eigenvalue weighted by molar-refractivity contribution is 5.99. The van der Waals surface area contributed by atoms with E-state index in [0.29, 0.717) is 5.69 Å². The second-order valence-corrected chi connectivity index (χ2v) is 7.40. The summed E-state index contributed by atoms with van der Waals surface area (Å²) in [5.41, 5.74) is 1.65. The quantitative estimate of drug-likeness (QED) is 0.750. The van der Waals surface area contributed by atoms with E-state index in [4.69, 9.17) is 0 Å². The van der Waals surface area contributed by atoms with E-state index in [1.165, 1.54) is 0 Å². The van der Waals surface area contributed by atoms with Crippen LogP contribution in [0.15, 0.2) is 6.20 Å². The van der Waals surface area contributed by atoms with Gasteiger partial charge in [-0.3, -0.25) is 9.48 Å². The topological polar surface area (TPSA) is 34.9 Å². The van der Waals surface area contributed by atoms with Gasteiger partial charge in [0.2, 0.25) is 0 Å². The van der Waals surface area contributed by atoms with Gasteiger partial charge in [0.15, 0.2) is 5.78 Å². The van der Waals surface area contributed by atoms with Crippen molar-refractivity contribution in [3.8, 4) is 0 Å². The fraction of sp³-hybridized carbons (Fsp3) is 0.733. The van der Waals surface area contributed by atoms with Gasteiger partial charge in [-0.1, -0.05) is 20.8 Å². The van der Waals surface area contributed by atoms with E-state index in [2.05, 4.69) is 52.8 Å². The SMILES string of the molecule is CC(C)(C)c1cn(C(C)(C)C)nc1C(=O)C1CC1. The average Bonchev–Trinajstić information content (AvgIpc) is 2.91. The minimum absolute atomic E-state index is 0.0383. The van der Waals surface area contributed by atoms with Crippen LogP contribution in [0, 0.1) is 5.92 Å². The summed E-state index contributed by atoms with van der Waals surface area (Å²) in [6.45, 7) is 12.7. The van der Waals surface area contributed by atoms with Crippen molar-refractivity contribution in [2.75, 3.05) is 0 Å². The second kappa shape index (κ2) is 3.94. The first-order valence-corrected chi connectivity index (χ1v) is 6.75. The first-order chi connectivity index (χ1) is 8.10. The van der Waals surface area contributed by atoms with Crippen molar-refractivity contribution in [3.63, 3.8) is 0 Å². The molecule has 3 nitrogen and oxygen atoms in total. The Morgan fingerprint density at radius 2 is 1.78 bits per heavy atom. The van der Waals surface area contributed by atoms with Crippen LogP contribution in [0.5, 0.6) is 0 Å². The number of ketones is 1. The van der Waals surface area contributed by atoms with E-state index >= 15 is 0 Å². The van der Waals surface area contributed by atoms with Gasteiger partial charge in [-0.25, -0.2) is 0 Å². The number of aromatic nitrogens is 2. The van der Waals surface area contributed by atoms with Crippen LogP contribution < -0.4 is 0 Å². The van der Waals surface area contributed by atoms with Crippen LogP contribution in [0.1, 0.15) is 70.4 Å². The van der Waals surface area contributed by atoms with Crippen molar-refractivity contribution >= 4 is 5.78 Å². The zero-order valence-corrected chi connectivity index (χ0v) is 12.4. The predicted molar refractivity (Wildman–Crippen MR) is 73.0 cm³/mol. The van der Waals surface area contributed by atoms with Crippen LogP contribution in [-0.4, -0.2) is 15.6 Å². The van der Waals surface area contributed by atoms with Crippen molar-refractivity contribution < 1.29 is 4.79 Å². The molecule has 1 fully saturated rings. The van der Waals surface area contributed by atoms with E-state index in [9.17, 15) is 4.79 Å². The lowest BCUT2D eigenvalue weighted by Gasteiger charge is -2.20. The van der Waals surface area contributed by atoms with Gasteiger partial charge < -0.3 is 0 Å². The smallest absolute Gasteiger partial charge is 0.186 e. The van der Waals surface area contributed by atoms with Gasteiger partial charge in [0.1, 0.15) is 5.69 Å². The monoisotopic (exact) mass is 248 g/mol.